The number of hydrogen-bond donors (Lipinski definition) is 10. The number of rotatable bonds is 26. The molecule has 3 rings (SSSR count). The first-order valence-corrected chi connectivity index (χ1v) is 23.1. The number of carboxylic acid groups (broad SMARTS) is 2. The van der Waals surface area contributed by atoms with Crippen molar-refractivity contribution in [3.8, 4) is 0 Å². The predicted molar refractivity (Wildman–Crippen MR) is 198 cm³/mol. The minimum absolute atomic E-state index is 0. The van der Waals surface area contributed by atoms with Crippen molar-refractivity contribution in [2.24, 2.45) is 5.41 Å². The number of fused-ring (bicyclic) bond motifs is 1. The molecule has 8 unspecified atom stereocenters. The number of carboxylic acids is 2. The number of aliphatic hydroxyl groups excluding tert-OH is 2. The summed E-state index contributed by atoms with van der Waals surface area (Å²) >= 11 is 1.21. The number of aliphatic hydroxyl groups is 2. The van der Waals surface area contributed by atoms with Gasteiger partial charge in [0.1, 0.15) is 36.3 Å². The number of amides is 3. The van der Waals surface area contributed by atoms with Gasteiger partial charge in [-0.3, -0.25) is 32.5 Å². The number of nitrogens with two attached hydrogens (primary N) is 1. The Bertz CT molecular complexity index is 2050. The number of aromatic nitrogens is 4. The zero-order valence-corrected chi connectivity index (χ0v) is 37.4. The third kappa shape index (κ3) is 19.1. The molecule has 29 nitrogen and oxygen atoms in total. The van der Waals surface area contributed by atoms with E-state index in [4.69, 9.17) is 19.5 Å². The summed E-state index contributed by atoms with van der Waals surface area (Å²) < 4.78 is 62.0. The van der Waals surface area contributed by atoms with E-state index in [0.717, 1.165) is 17.2 Å². The van der Waals surface area contributed by atoms with E-state index in [1.165, 1.54) is 25.6 Å². The zero-order valence-electron chi connectivity index (χ0n) is 33.9. The summed E-state index contributed by atoms with van der Waals surface area (Å²) in [5.74, 6) is -5.29. The maximum atomic E-state index is 12.7. The molecule has 35 heteroatoms. The topological polar surface area (TPSA) is 456 Å². The molecule has 344 valence electrons. The molecule has 2 aromatic heterocycles. The molecule has 0 aromatic carbocycles. The Balaban J connectivity index is 0.00000992. The molecule has 0 aliphatic carbocycles. The smallest absolute Gasteiger partial charge is 0.550 e. The molecule has 0 radical (unpaired) electrons. The summed E-state index contributed by atoms with van der Waals surface area (Å²) in [4.78, 5) is 109. The molecule has 0 spiro atoms. The molecule has 11 N–H and O–H groups in total. The van der Waals surface area contributed by atoms with Crippen molar-refractivity contribution in [1.82, 2.24) is 35.5 Å². The monoisotopic (exact) mass is 966 g/mol. The minimum atomic E-state index is -5.61. The molecular formula is C28H43Li2N8O21P3S. The number of ether oxygens (including phenoxy) is 1. The molecule has 3 heterocycles. The van der Waals surface area contributed by atoms with Crippen molar-refractivity contribution in [3.63, 3.8) is 0 Å². The molecular weight excluding hydrogens is 923 g/mol. The molecule has 1 aliphatic rings. The Morgan fingerprint density at radius 2 is 1.62 bits per heavy atom. The number of phosphoric ester groups is 3. The van der Waals surface area contributed by atoms with E-state index in [1.54, 1.807) is 0 Å². The van der Waals surface area contributed by atoms with Gasteiger partial charge in [-0.15, -0.1) is 0 Å². The molecule has 0 saturated carbocycles. The van der Waals surface area contributed by atoms with E-state index in [1.807, 2.05) is 5.32 Å². The Morgan fingerprint density at radius 3 is 2.24 bits per heavy atom. The van der Waals surface area contributed by atoms with Crippen LogP contribution in [0, 0.1) is 5.41 Å². The molecule has 8 atom stereocenters. The van der Waals surface area contributed by atoms with E-state index in [2.05, 4.69) is 34.4 Å². The van der Waals surface area contributed by atoms with Crippen molar-refractivity contribution in [3.05, 3.63) is 12.7 Å². The van der Waals surface area contributed by atoms with Crippen LogP contribution >= 0.6 is 35.2 Å². The van der Waals surface area contributed by atoms with Crippen LogP contribution in [0.2, 0.25) is 0 Å². The van der Waals surface area contributed by atoms with E-state index >= 15 is 0 Å². The summed E-state index contributed by atoms with van der Waals surface area (Å²) in [6, 6.07) is -1.75. The average molecular weight is 967 g/mol. The normalized spacial score (nSPS) is 20.5. The van der Waals surface area contributed by atoms with Crippen LogP contribution in [0.25, 0.3) is 11.2 Å². The maximum Gasteiger partial charge on any atom is 1.00 e. The molecule has 63 heavy (non-hydrogen) atoms. The molecule has 1 fully saturated rings. The van der Waals surface area contributed by atoms with E-state index < -0.39 is 115 Å². The number of carbonyl (C=O) groups excluding carboxylic acids is 5. The molecule has 0 bridgehead atoms. The van der Waals surface area contributed by atoms with Crippen LogP contribution in [-0.2, 0) is 60.3 Å². The van der Waals surface area contributed by atoms with Crippen LogP contribution in [0.4, 0.5) is 5.82 Å². The van der Waals surface area contributed by atoms with Crippen LogP contribution < -0.4 is 69.6 Å². The number of nitrogens with one attached hydrogen (secondary N) is 3. The van der Waals surface area contributed by atoms with E-state index in [0.29, 0.717) is 5.75 Å². The Kier molecular flexibility index (Phi) is 23.6. The SMILES string of the molecule is CC(C)(COP(=O)(O)OP(=O)(O)OCC1OC(n2cnc3c(N)ncnc32)C(O)C1OP(=O)(O)O)C(O)C(=O)NCCC(=O)NCCSCCC(=O)NC(CC(=O)[O-])C(=O)[O-].[Li+].[Li+]. The molecule has 1 saturated heterocycles. The van der Waals surface area contributed by atoms with Crippen LogP contribution in [0.15, 0.2) is 12.7 Å². The van der Waals surface area contributed by atoms with Gasteiger partial charge in [0.15, 0.2) is 17.7 Å². The first-order chi connectivity index (χ1) is 28.2. The number of phosphoric acid groups is 3. The van der Waals surface area contributed by atoms with Crippen LogP contribution in [0.1, 0.15) is 39.3 Å². The van der Waals surface area contributed by atoms with Gasteiger partial charge in [-0.2, -0.15) is 16.1 Å². The van der Waals surface area contributed by atoms with Crippen LogP contribution in [0.5, 0.6) is 0 Å². The number of anilines is 1. The molecule has 2 aromatic rings. The Labute approximate surface area is 385 Å². The minimum Gasteiger partial charge on any atom is -0.550 e. The van der Waals surface area contributed by atoms with Crippen molar-refractivity contribution in [1.29, 1.82) is 0 Å². The van der Waals surface area contributed by atoms with Crippen LogP contribution in [0.3, 0.4) is 0 Å². The Hall–Kier alpha value is -2.51. The first-order valence-electron chi connectivity index (χ1n) is 17.4. The summed E-state index contributed by atoms with van der Waals surface area (Å²) in [7, 11) is -16.5. The van der Waals surface area contributed by atoms with Crippen molar-refractivity contribution in [2.45, 2.75) is 69.8 Å². The molecule has 1 aliphatic heterocycles. The van der Waals surface area contributed by atoms with Gasteiger partial charge in [-0.1, -0.05) is 13.8 Å². The van der Waals surface area contributed by atoms with Gasteiger partial charge in [0.2, 0.25) is 17.7 Å². The number of imidazole rings is 1. The number of carbonyl (C=O) groups is 5. The average Bonchev–Trinajstić information content (AvgIpc) is 3.70. The second-order valence-electron chi connectivity index (χ2n) is 13.4. The standard InChI is InChI=1S/C28H45N8O21P3S.2Li/c1-28(2,22(42)25(43)31-5-3-16(37)30-6-8-61-7-4-17(38)35-14(27(44)45)9-18(39)40)11-54-60(51,52)57-59(49,50)53-10-15-21(56-58(46,47)48)20(41)26(55-15)36-13-34-19-23(29)32-12-33-24(19)36;;/h12-15,20-22,26,41-42H,3-11H2,1-2H3,(H,30,37)(H,31,43)(H,35,38)(H,39,40)(H,44,45)(H,49,50)(H,51,52)(H2,29,32,33)(H2,46,47,48);;/q;2*+1/p-2. The fourth-order valence-corrected chi connectivity index (χ4v) is 8.71. The van der Waals surface area contributed by atoms with Gasteiger partial charge < -0.3 is 76.0 Å². The second-order valence-corrected chi connectivity index (χ2v) is 18.9. The predicted octanol–water partition coefficient (Wildman–Crippen LogP) is -11.1. The summed E-state index contributed by atoms with van der Waals surface area (Å²) in [6.45, 7) is 0.184. The molecule has 3 amide bonds. The number of thioether (sulfide) groups is 1. The summed E-state index contributed by atoms with van der Waals surface area (Å²) in [5, 5.41) is 49.7. The van der Waals surface area contributed by atoms with Crippen LogP contribution in [-0.4, -0.2) is 147 Å². The maximum absolute atomic E-state index is 12.7. The van der Waals surface area contributed by atoms with Gasteiger partial charge in [-0.05, 0) is 0 Å². The van der Waals surface area contributed by atoms with Crippen molar-refractivity contribution < 1.29 is 138 Å². The van der Waals surface area contributed by atoms with Crippen molar-refractivity contribution in [2.75, 3.05) is 43.5 Å². The number of nitrogens with zero attached hydrogens (tertiary/aromatic N) is 4. The van der Waals surface area contributed by atoms with Gasteiger partial charge in [0.05, 0.1) is 31.6 Å². The second kappa shape index (κ2) is 25.4. The summed E-state index contributed by atoms with van der Waals surface area (Å²) in [5.41, 5.74) is 4.16. The van der Waals surface area contributed by atoms with Gasteiger partial charge in [0, 0.05) is 55.2 Å². The van der Waals surface area contributed by atoms with Crippen molar-refractivity contribution >= 4 is 81.9 Å². The number of nitrogen functional groups attached to an aromatic ring is 1. The summed E-state index contributed by atoms with van der Waals surface area (Å²) in [6.07, 6.45) is -8.31. The third-order valence-corrected chi connectivity index (χ3v) is 12.2. The van der Waals surface area contributed by atoms with Gasteiger partial charge in [0.25, 0.3) is 0 Å². The van der Waals surface area contributed by atoms with Gasteiger partial charge >= 0.3 is 61.2 Å². The zero-order chi connectivity index (χ0) is 45.9. The number of aliphatic carboxylic acids is 2. The fraction of sp³-hybridized carbons (Fsp3) is 0.643. The fourth-order valence-electron chi connectivity index (χ4n) is 5.10. The first kappa shape index (κ1) is 58.5. The van der Waals surface area contributed by atoms with E-state index in [-0.39, 0.29) is 86.4 Å². The van der Waals surface area contributed by atoms with Gasteiger partial charge in [-0.25, -0.2) is 28.6 Å². The quantitative estimate of drug-likeness (QED) is 0.0238. The third-order valence-electron chi connectivity index (χ3n) is 8.11. The number of hydrogen-bond acceptors (Lipinski definition) is 22. The van der Waals surface area contributed by atoms with E-state index in [9.17, 15) is 77.7 Å². The Morgan fingerprint density at radius 1 is 0.968 bits per heavy atom. The largest absolute Gasteiger partial charge is 1.00 e.